The third-order valence-electron chi connectivity index (χ3n) is 4.12. The molecule has 1 atom stereocenters. The number of rotatable bonds is 5. The van der Waals surface area contributed by atoms with Gasteiger partial charge in [0.2, 0.25) is 6.79 Å². The number of aliphatic hydroxyl groups excluding tert-OH is 1. The lowest BCUT2D eigenvalue weighted by Gasteiger charge is -2.30. The second-order valence-electron chi connectivity index (χ2n) is 5.60. The number of aromatic nitrogens is 1. The maximum atomic E-state index is 9.25. The van der Waals surface area contributed by atoms with Gasteiger partial charge in [-0.25, -0.2) is 4.98 Å². The van der Waals surface area contributed by atoms with E-state index in [-0.39, 0.29) is 18.9 Å². The van der Waals surface area contributed by atoms with Crippen LogP contribution in [0.2, 0.25) is 0 Å². The Labute approximate surface area is 123 Å². The number of hydrogen-bond donors (Lipinski definition) is 2. The van der Waals surface area contributed by atoms with Crippen LogP contribution in [0, 0.1) is 0 Å². The van der Waals surface area contributed by atoms with E-state index in [1.165, 1.54) is 0 Å². The van der Waals surface area contributed by atoms with Gasteiger partial charge in [0, 0.05) is 23.7 Å². The van der Waals surface area contributed by atoms with E-state index in [0.717, 1.165) is 34.5 Å². The smallest absolute Gasteiger partial charge is 0.231 e. The fraction of sp³-hybridized carbons (Fsp3) is 0.438. The highest BCUT2D eigenvalue weighted by atomic mass is 16.7. The third-order valence-corrected chi connectivity index (χ3v) is 4.12. The van der Waals surface area contributed by atoms with E-state index in [4.69, 9.17) is 9.47 Å². The summed E-state index contributed by atoms with van der Waals surface area (Å²) in [5, 5.41) is 14.8. The van der Waals surface area contributed by atoms with Gasteiger partial charge < -0.3 is 19.9 Å². The van der Waals surface area contributed by atoms with Crippen LogP contribution < -0.4 is 14.8 Å². The summed E-state index contributed by atoms with van der Waals surface area (Å²) in [4.78, 5) is 4.46. The largest absolute Gasteiger partial charge is 0.454 e. The number of benzene rings is 1. The number of aliphatic hydroxyl groups is 1. The van der Waals surface area contributed by atoms with Crippen LogP contribution in [0.1, 0.15) is 26.7 Å². The molecule has 0 saturated heterocycles. The predicted molar refractivity (Wildman–Crippen MR) is 81.9 cm³/mol. The summed E-state index contributed by atoms with van der Waals surface area (Å²) in [5.74, 6) is 2.33. The Kier molecular flexibility index (Phi) is 3.59. The summed E-state index contributed by atoms with van der Waals surface area (Å²) in [6, 6.07) is 5.89. The molecule has 1 aromatic carbocycles. The van der Waals surface area contributed by atoms with Gasteiger partial charge in [-0.2, -0.15) is 0 Å². The Morgan fingerprint density at radius 1 is 1.33 bits per heavy atom. The lowest BCUT2D eigenvalue weighted by atomic mass is 9.94. The van der Waals surface area contributed by atoms with Crippen molar-refractivity contribution in [1.82, 2.24) is 4.98 Å². The molecule has 1 unspecified atom stereocenters. The molecule has 0 fully saturated rings. The number of pyridine rings is 1. The molecule has 3 rings (SSSR count). The molecule has 5 heteroatoms. The summed E-state index contributed by atoms with van der Waals surface area (Å²) < 4.78 is 10.9. The molecule has 0 bridgehead atoms. The Bertz CT molecular complexity index is 659. The van der Waals surface area contributed by atoms with E-state index in [2.05, 4.69) is 24.1 Å². The zero-order valence-corrected chi connectivity index (χ0v) is 12.3. The number of hydrogen-bond acceptors (Lipinski definition) is 5. The van der Waals surface area contributed by atoms with E-state index < -0.39 is 0 Å². The van der Waals surface area contributed by atoms with Crippen LogP contribution in [0.25, 0.3) is 10.8 Å². The summed E-state index contributed by atoms with van der Waals surface area (Å²) in [6.07, 6.45) is 3.35. The van der Waals surface area contributed by atoms with Crippen molar-refractivity contribution >= 4 is 16.6 Å². The standard InChI is InChI=1S/C16H20N2O3/c1-3-16(2,5-7-19)18-15-12-9-14-13(20-10-21-14)8-11(12)4-6-17-15/h4,6,8-9,19H,3,5,7,10H2,1-2H3,(H,17,18). The maximum absolute atomic E-state index is 9.25. The molecule has 1 aliphatic heterocycles. The first-order valence-corrected chi connectivity index (χ1v) is 7.22. The number of nitrogens with one attached hydrogen (secondary N) is 1. The van der Waals surface area contributed by atoms with E-state index in [1.807, 2.05) is 18.2 Å². The third kappa shape index (κ3) is 2.61. The van der Waals surface area contributed by atoms with Crippen molar-refractivity contribution in [3.05, 3.63) is 24.4 Å². The van der Waals surface area contributed by atoms with Crippen LogP contribution >= 0.6 is 0 Å². The van der Waals surface area contributed by atoms with Crippen LogP contribution in [0.5, 0.6) is 11.5 Å². The normalized spacial score (nSPS) is 16.0. The summed E-state index contributed by atoms with van der Waals surface area (Å²) in [5.41, 5.74) is -0.188. The van der Waals surface area contributed by atoms with Crippen molar-refractivity contribution in [1.29, 1.82) is 0 Å². The minimum absolute atomic E-state index is 0.147. The van der Waals surface area contributed by atoms with Crippen molar-refractivity contribution in [3.8, 4) is 11.5 Å². The highest BCUT2D eigenvalue weighted by Gasteiger charge is 2.23. The first-order chi connectivity index (χ1) is 10.1. The van der Waals surface area contributed by atoms with E-state index in [9.17, 15) is 5.11 Å². The highest BCUT2D eigenvalue weighted by Crippen LogP contribution is 2.38. The van der Waals surface area contributed by atoms with Gasteiger partial charge in [0.15, 0.2) is 11.5 Å². The molecule has 0 aliphatic carbocycles. The molecule has 0 radical (unpaired) electrons. The topological polar surface area (TPSA) is 63.6 Å². The molecule has 5 nitrogen and oxygen atoms in total. The summed E-state index contributed by atoms with van der Waals surface area (Å²) in [6.45, 7) is 4.60. The Hall–Kier alpha value is -2.01. The molecule has 0 spiro atoms. The number of fused-ring (bicyclic) bond motifs is 2. The number of nitrogens with zero attached hydrogens (tertiary/aromatic N) is 1. The van der Waals surface area contributed by atoms with E-state index in [0.29, 0.717) is 6.42 Å². The second kappa shape index (κ2) is 5.41. The lowest BCUT2D eigenvalue weighted by molar-refractivity contribution is 0.174. The number of anilines is 1. The fourth-order valence-corrected chi connectivity index (χ4v) is 2.52. The fourth-order valence-electron chi connectivity index (χ4n) is 2.52. The first kappa shape index (κ1) is 13.9. The van der Waals surface area contributed by atoms with Crippen LogP contribution in [0.3, 0.4) is 0 Å². The molecule has 2 N–H and O–H groups in total. The molecule has 2 aromatic rings. The summed E-state index contributed by atoms with van der Waals surface area (Å²) in [7, 11) is 0. The quantitative estimate of drug-likeness (QED) is 0.885. The molecular weight excluding hydrogens is 268 g/mol. The van der Waals surface area contributed by atoms with Crippen LogP contribution in [0.15, 0.2) is 24.4 Å². The van der Waals surface area contributed by atoms with Crippen molar-refractivity contribution in [2.75, 3.05) is 18.7 Å². The van der Waals surface area contributed by atoms with E-state index >= 15 is 0 Å². The van der Waals surface area contributed by atoms with Crippen LogP contribution in [-0.2, 0) is 0 Å². The average molecular weight is 288 g/mol. The Balaban J connectivity index is 2.02. The summed E-state index contributed by atoms with van der Waals surface area (Å²) >= 11 is 0. The van der Waals surface area contributed by atoms with Gasteiger partial charge in [0.1, 0.15) is 5.82 Å². The molecule has 112 valence electrons. The SMILES string of the molecule is CCC(C)(CCO)Nc1nccc2cc3c(cc12)OCO3. The second-order valence-corrected chi connectivity index (χ2v) is 5.60. The zero-order chi connectivity index (χ0) is 14.9. The van der Waals surface area contributed by atoms with Crippen LogP contribution in [-0.4, -0.2) is 29.0 Å². The van der Waals surface area contributed by atoms with Crippen molar-refractivity contribution in [2.45, 2.75) is 32.2 Å². The Morgan fingerprint density at radius 2 is 2.10 bits per heavy atom. The van der Waals surface area contributed by atoms with Gasteiger partial charge in [-0.1, -0.05) is 6.92 Å². The minimum atomic E-state index is -0.188. The molecule has 1 aliphatic rings. The van der Waals surface area contributed by atoms with Gasteiger partial charge in [-0.15, -0.1) is 0 Å². The van der Waals surface area contributed by atoms with Crippen molar-refractivity contribution in [2.24, 2.45) is 0 Å². The van der Waals surface area contributed by atoms with Crippen LogP contribution in [0.4, 0.5) is 5.82 Å². The zero-order valence-electron chi connectivity index (χ0n) is 12.3. The van der Waals surface area contributed by atoms with Crippen molar-refractivity contribution < 1.29 is 14.6 Å². The monoisotopic (exact) mass is 288 g/mol. The first-order valence-electron chi connectivity index (χ1n) is 7.22. The molecule has 0 saturated carbocycles. The predicted octanol–water partition coefficient (Wildman–Crippen LogP) is 2.93. The van der Waals surface area contributed by atoms with Gasteiger partial charge >= 0.3 is 0 Å². The van der Waals surface area contributed by atoms with Gasteiger partial charge in [0.05, 0.1) is 0 Å². The minimum Gasteiger partial charge on any atom is -0.454 e. The molecule has 21 heavy (non-hydrogen) atoms. The lowest BCUT2D eigenvalue weighted by Crippen LogP contribution is -2.35. The molecule has 1 aromatic heterocycles. The van der Waals surface area contributed by atoms with Gasteiger partial charge in [-0.05, 0) is 43.4 Å². The average Bonchev–Trinajstić information content (AvgIpc) is 2.93. The molecule has 2 heterocycles. The van der Waals surface area contributed by atoms with Crippen molar-refractivity contribution in [3.63, 3.8) is 0 Å². The Morgan fingerprint density at radius 3 is 2.81 bits per heavy atom. The highest BCUT2D eigenvalue weighted by molar-refractivity contribution is 5.94. The molecular formula is C16H20N2O3. The van der Waals surface area contributed by atoms with E-state index in [1.54, 1.807) is 6.20 Å². The van der Waals surface area contributed by atoms with Gasteiger partial charge in [0.25, 0.3) is 0 Å². The molecule has 0 amide bonds. The van der Waals surface area contributed by atoms with Gasteiger partial charge in [-0.3, -0.25) is 0 Å². The maximum Gasteiger partial charge on any atom is 0.231 e. The number of ether oxygens (including phenoxy) is 2.